The predicted octanol–water partition coefficient (Wildman–Crippen LogP) is 2.34. The molecule has 1 rings (SSSR count). The third kappa shape index (κ3) is 2.69. The first-order chi connectivity index (χ1) is 6.63. The second-order valence-electron chi connectivity index (χ2n) is 2.51. The zero-order valence-corrected chi connectivity index (χ0v) is 7.46. The summed E-state index contributed by atoms with van der Waals surface area (Å²) in [7, 11) is 1.41. The smallest absolute Gasteiger partial charge is 0.410 e. The van der Waals surface area contributed by atoms with Crippen LogP contribution in [0.3, 0.4) is 0 Å². The summed E-state index contributed by atoms with van der Waals surface area (Å²) in [4.78, 5) is 10.7. The van der Waals surface area contributed by atoms with Crippen LogP contribution < -0.4 is 10.1 Å². The Morgan fingerprint density at radius 2 is 1.93 bits per heavy atom. The minimum atomic E-state index is -2.51. The standard InChI is InChI=1S/C9H9F2NO2/c1-12-9(13)14-7-4-2-6(3-5-7)8(10)11/h2-5,8H,1H3,(H,12,13). The van der Waals surface area contributed by atoms with Crippen molar-refractivity contribution in [3.05, 3.63) is 29.8 Å². The number of amides is 1. The van der Waals surface area contributed by atoms with Crippen LogP contribution in [-0.2, 0) is 0 Å². The number of benzene rings is 1. The van der Waals surface area contributed by atoms with Gasteiger partial charge in [0, 0.05) is 12.6 Å². The average molecular weight is 201 g/mol. The van der Waals surface area contributed by atoms with Crippen LogP contribution in [0.1, 0.15) is 12.0 Å². The molecular weight excluding hydrogens is 192 g/mol. The van der Waals surface area contributed by atoms with Crippen molar-refractivity contribution in [1.82, 2.24) is 5.32 Å². The van der Waals surface area contributed by atoms with Crippen LogP contribution in [0.4, 0.5) is 13.6 Å². The highest BCUT2D eigenvalue weighted by molar-refractivity contribution is 5.69. The molecule has 0 saturated heterocycles. The quantitative estimate of drug-likeness (QED) is 0.797. The highest BCUT2D eigenvalue weighted by Gasteiger charge is 2.07. The average Bonchev–Trinajstić information content (AvgIpc) is 2.18. The Balaban J connectivity index is 2.69. The van der Waals surface area contributed by atoms with Crippen LogP contribution in [0.15, 0.2) is 24.3 Å². The highest BCUT2D eigenvalue weighted by Crippen LogP contribution is 2.21. The number of carbonyl (C=O) groups is 1. The van der Waals surface area contributed by atoms with E-state index in [-0.39, 0.29) is 11.3 Å². The minimum Gasteiger partial charge on any atom is -0.410 e. The van der Waals surface area contributed by atoms with E-state index in [9.17, 15) is 13.6 Å². The largest absolute Gasteiger partial charge is 0.412 e. The SMILES string of the molecule is CNC(=O)Oc1ccc(C(F)F)cc1. The predicted molar refractivity (Wildman–Crippen MR) is 46.5 cm³/mol. The molecule has 0 atom stereocenters. The summed E-state index contributed by atoms with van der Waals surface area (Å²) in [5.74, 6) is 0.230. The molecule has 0 aromatic heterocycles. The molecule has 1 aromatic rings. The molecule has 1 aromatic carbocycles. The minimum absolute atomic E-state index is 0.103. The molecule has 0 unspecified atom stereocenters. The fraction of sp³-hybridized carbons (Fsp3) is 0.222. The van der Waals surface area contributed by atoms with Crippen molar-refractivity contribution in [3.8, 4) is 5.75 Å². The van der Waals surface area contributed by atoms with Crippen LogP contribution in [0.2, 0.25) is 0 Å². The number of alkyl halides is 2. The number of halogens is 2. The van der Waals surface area contributed by atoms with Crippen molar-refractivity contribution < 1.29 is 18.3 Å². The summed E-state index contributed by atoms with van der Waals surface area (Å²) < 4.78 is 28.9. The molecule has 0 radical (unpaired) electrons. The molecular formula is C9H9F2NO2. The maximum absolute atomic E-state index is 12.1. The fourth-order valence-electron chi connectivity index (χ4n) is 0.839. The van der Waals surface area contributed by atoms with Gasteiger partial charge in [-0.3, -0.25) is 0 Å². The first-order valence-corrected chi connectivity index (χ1v) is 3.91. The Bertz CT molecular complexity index is 311. The van der Waals surface area contributed by atoms with Crippen molar-refractivity contribution in [2.75, 3.05) is 7.05 Å². The molecule has 0 spiro atoms. The van der Waals surface area contributed by atoms with Gasteiger partial charge < -0.3 is 10.1 Å². The van der Waals surface area contributed by atoms with Crippen molar-refractivity contribution >= 4 is 6.09 Å². The van der Waals surface area contributed by atoms with Crippen LogP contribution in [0.25, 0.3) is 0 Å². The van der Waals surface area contributed by atoms with E-state index in [1.807, 2.05) is 0 Å². The van der Waals surface area contributed by atoms with Crippen LogP contribution in [-0.4, -0.2) is 13.1 Å². The van der Waals surface area contributed by atoms with E-state index in [0.717, 1.165) is 0 Å². The number of hydrogen-bond donors (Lipinski definition) is 1. The fourth-order valence-corrected chi connectivity index (χ4v) is 0.839. The Labute approximate surface area is 79.7 Å². The van der Waals surface area contributed by atoms with Gasteiger partial charge in [0.25, 0.3) is 6.43 Å². The molecule has 0 bridgehead atoms. The summed E-state index contributed by atoms with van der Waals surface area (Å²) in [5, 5.41) is 2.24. The molecule has 0 aliphatic heterocycles. The van der Waals surface area contributed by atoms with Gasteiger partial charge in [-0.05, 0) is 24.3 Å². The van der Waals surface area contributed by atoms with Crippen LogP contribution in [0.5, 0.6) is 5.75 Å². The van der Waals surface area contributed by atoms with Gasteiger partial charge in [0.15, 0.2) is 0 Å². The first kappa shape index (κ1) is 10.4. The molecule has 1 amide bonds. The third-order valence-electron chi connectivity index (χ3n) is 1.55. The van der Waals surface area contributed by atoms with E-state index in [4.69, 9.17) is 4.74 Å². The first-order valence-electron chi connectivity index (χ1n) is 3.91. The molecule has 5 heteroatoms. The van der Waals surface area contributed by atoms with E-state index >= 15 is 0 Å². The van der Waals surface area contributed by atoms with Crippen LogP contribution in [0, 0.1) is 0 Å². The van der Waals surface area contributed by atoms with Gasteiger partial charge >= 0.3 is 6.09 Å². The molecule has 0 saturated carbocycles. The summed E-state index contributed by atoms with van der Waals surface area (Å²) in [6.45, 7) is 0. The van der Waals surface area contributed by atoms with E-state index in [0.29, 0.717) is 0 Å². The summed E-state index contributed by atoms with van der Waals surface area (Å²) >= 11 is 0. The van der Waals surface area contributed by atoms with E-state index < -0.39 is 12.5 Å². The number of hydrogen-bond acceptors (Lipinski definition) is 2. The molecule has 1 N–H and O–H groups in total. The number of carbonyl (C=O) groups excluding carboxylic acids is 1. The zero-order valence-electron chi connectivity index (χ0n) is 7.46. The van der Waals surface area contributed by atoms with Gasteiger partial charge in [0.1, 0.15) is 5.75 Å². The lowest BCUT2D eigenvalue weighted by atomic mass is 10.2. The monoisotopic (exact) mass is 201 g/mol. The number of ether oxygens (including phenoxy) is 1. The molecule has 0 aliphatic rings. The van der Waals surface area contributed by atoms with Crippen molar-refractivity contribution in [2.24, 2.45) is 0 Å². The normalized spacial score (nSPS) is 10.0. The Hall–Kier alpha value is -1.65. The topological polar surface area (TPSA) is 38.3 Å². The second-order valence-corrected chi connectivity index (χ2v) is 2.51. The maximum atomic E-state index is 12.1. The molecule has 0 fully saturated rings. The summed E-state index contributed by atoms with van der Waals surface area (Å²) in [6, 6.07) is 5.05. The van der Waals surface area contributed by atoms with Crippen molar-refractivity contribution in [1.29, 1.82) is 0 Å². The van der Waals surface area contributed by atoms with Crippen LogP contribution >= 0.6 is 0 Å². The van der Waals surface area contributed by atoms with Crippen molar-refractivity contribution in [3.63, 3.8) is 0 Å². The molecule has 3 nitrogen and oxygen atoms in total. The van der Waals surface area contributed by atoms with Gasteiger partial charge in [-0.25, -0.2) is 13.6 Å². The van der Waals surface area contributed by atoms with E-state index in [1.165, 1.54) is 31.3 Å². The second kappa shape index (κ2) is 4.55. The van der Waals surface area contributed by atoms with Gasteiger partial charge in [0.2, 0.25) is 0 Å². The molecule has 76 valence electrons. The summed E-state index contributed by atoms with van der Waals surface area (Å²) in [5.41, 5.74) is -0.103. The lowest BCUT2D eigenvalue weighted by molar-refractivity contribution is 0.151. The maximum Gasteiger partial charge on any atom is 0.412 e. The van der Waals surface area contributed by atoms with E-state index in [1.54, 1.807) is 0 Å². The lowest BCUT2D eigenvalue weighted by Crippen LogP contribution is -2.21. The lowest BCUT2D eigenvalue weighted by Gasteiger charge is -2.04. The Morgan fingerprint density at radius 1 is 1.36 bits per heavy atom. The Kier molecular flexibility index (Phi) is 3.39. The molecule has 14 heavy (non-hydrogen) atoms. The van der Waals surface area contributed by atoms with Gasteiger partial charge in [0.05, 0.1) is 0 Å². The van der Waals surface area contributed by atoms with Gasteiger partial charge in [-0.1, -0.05) is 0 Å². The van der Waals surface area contributed by atoms with Gasteiger partial charge in [-0.15, -0.1) is 0 Å². The zero-order chi connectivity index (χ0) is 10.6. The Morgan fingerprint density at radius 3 is 2.36 bits per heavy atom. The summed E-state index contributed by atoms with van der Waals surface area (Å²) in [6.07, 6.45) is -3.14. The molecule has 0 heterocycles. The molecule has 0 aliphatic carbocycles. The number of nitrogens with one attached hydrogen (secondary N) is 1. The van der Waals surface area contributed by atoms with E-state index in [2.05, 4.69) is 5.32 Å². The highest BCUT2D eigenvalue weighted by atomic mass is 19.3. The third-order valence-corrected chi connectivity index (χ3v) is 1.55. The van der Waals surface area contributed by atoms with Gasteiger partial charge in [-0.2, -0.15) is 0 Å². The number of rotatable bonds is 2. The van der Waals surface area contributed by atoms with Crippen molar-refractivity contribution in [2.45, 2.75) is 6.43 Å².